The second-order valence-corrected chi connectivity index (χ2v) is 4.51. The van der Waals surface area contributed by atoms with E-state index in [0.29, 0.717) is 0 Å². The maximum atomic E-state index is 11.8. The van der Waals surface area contributed by atoms with E-state index in [1.807, 2.05) is 0 Å². The molecule has 1 unspecified atom stereocenters. The number of Topliss-reactive ketones (excluding diaryl/α,β-unsaturated/α-hetero) is 1. The number of ether oxygens (including phenoxy) is 1. The van der Waals surface area contributed by atoms with Crippen molar-refractivity contribution in [3.05, 3.63) is 22.2 Å². The number of carbonyl (C=O) groups excluding carboxylic acids is 1. The molecule has 2 heterocycles. The Morgan fingerprint density at radius 3 is 2.65 bits per heavy atom. The Bertz CT molecular complexity index is 586. The topological polar surface area (TPSA) is 148 Å². The highest BCUT2D eigenvalue weighted by Crippen LogP contribution is 2.28. The van der Waals surface area contributed by atoms with Gasteiger partial charge in [0.1, 0.15) is 24.1 Å². The summed E-state index contributed by atoms with van der Waals surface area (Å²) in [5, 5.41) is 28.5. The molecule has 20 heavy (non-hydrogen) atoms. The Hall–Kier alpha value is -1.81. The van der Waals surface area contributed by atoms with E-state index in [1.165, 1.54) is 6.92 Å². The largest absolute Gasteiger partial charge is 0.394 e. The first kappa shape index (κ1) is 14.6. The SMILES string of the molecule is CC(=O)c1cn(C2O[C@H](CO)[C@@H](O)[C@H]2O)c(=O)nc1N. The minimum absolute atomic E-state index is 0.00217. The van der Waals surface area contributed by atoms with E-state index in [2.05, 4.69) is 4.98 Å². The molecule has 1 aromatic rings. The third-order valence-electron chi connectivity index (χ3n) is 3.15. The van der Waals surface area contributed by atoms with Crippen LogP contribution in [0.1, 0.15) is 23.5 Å². The van der Waals surface area contributed by atoms with Crippen molar-refractivity contribution >= 4 is 11.6 Å². The van der Waals surface area contributed by atoms with Crippen molar-refractivity contribution < 1.29 is 24.9 Å². The number of hydrogen-bond acceptors (Lipinski definition) is 8. The van der Waals surface area contributed by atoms with Crippen molar-refractivity contribution in [2.75, 3.05) is 12.3 Å². The number of nitrogens with zero attached hydrogens (tertiary/aromatic N) is 2. The minimum Gasteiger partial charge on any atom is -0.394 e. The Morgan fingerprint density at radius 2 is 2.15 bits per heavy atom. The van der Waals surface area contributed by atoms with Crippen LogP contribution in [0, 0.1) is 0 Å². The van der Waals surface area contributed by atoms with Crippen molar-refractivity contribution in [2.24, 2.45) is 0 Å². The van der Waals surface area contributed by atoms with E-state index in [4.69, 9.17) is 15.6 Å². The lowest BCUT2D eigenvalue weighted by molar-refractivity contribution is -0.0550. The summed E-state index contributed by atoms with van der Waals surface area (Å²) in [5.74, 6) is -0.624. The lowest BCUT2D eigenvalue weighted by Gasteiger charge is -2.18. The summed E-state index contributed by atoms with van der Waals surface area (Å²) in [6.45, 7) is 0.727. The van der Waals surface area contributed by atoms with E-state index in [0.717, 1.165) is 10.8 Å². The van der Waals surface area contributed by atoms with Crippen molar-refractivity contribution in [1.82, 2.24) is 9.55 Å². The quantitative estimate of drug-likeness (QED) is 0.451. The molecule has 5 N–H and O–H groups in total. The molecule has 9 nitrogen and oxygen atoms in total. The summed E-state index contributed by atoms with van der Waals surface area (Å²) < 4.78 is 6.07. The average Bonchev–Trinajstić information content (AvgIpc) is 2.66. The molecule has 0 bridgehead atoms. The fourth-order valence-electron chi connectivity index (χ4n) is 2.04. The third kappa shape index (κ3) is 2.31. The molecule has 1 aliphatic heterocycles. The van der Waals surface area contributed by atoms with Crippen LogP contribution in [0.15, 0.2) is 11.0 Å². The van der Waals surface area contributed by atoms with Crippen LogP contribution in [0.2, 0.25) is 0 Å². The van der Waals surface area contributed by atoms with Gasteiger partial charge in [0.25, 0.3) is 0 Å². The van der Waals surface area contributed by atoms with Crippen LogP contribution in [-0.4, -0.2) is 55.6 Å². The number of ketones is 1. The van der Waals surface area contributed by atoms with Gasteiger partial charge >= 0.3 is 5.69 Å². The molecule has 0 amide bonds. The van der Waals surface area contributed by atoms with Gasteiger partial charge in [-0.3, -0.25) is 9.36 Å². The number of nitrogens with two attached hydrogens (primary N) is 1. The van der Waals surface area contributed by atoms with Crippen LogP contribution >= 0.6 is 0 Å². The Morgan fingerprint density at radius 1 is 1.50 bits per heavy atom. The summed E-state index contributed by atoms with van der Waals surface area (Å²) in [5.41, 5.74) is 4.64. The lowest BCUT2D eigenvalue weighted by atomic mass is 10.1. The first-order chi connectivity index (χ1) is 9.36. The van der Waals surface area contributed by atoms with Crippen molar-refractivity contribution in [3.63, 3.8) is 0 Å². The van der Waals surface area contributed by atoms with Gasteiger partial charge in [0, 0.05) is 6.20 Å². The molecule has 1 fully saturated rings. The van der Waals surface area contributed by atoms with E-state index >= 15 is 0 Å². The molecule has 4 atom stereocenters. The number of carbonyl (C=O) groups is 1. The summed E-state index contributed by atoms with van der Waals surface area (Å²) >= 11 is 0. The first-order valence-corrected chi connectivity index (χ1v) is 5.89. The van der Waals surface area contributed by atoms with Crippen LogP contribution in [0.4, 0.5) is 5.82 Å². The molecule has 0 saturated carbocycles. The maximum Gasteiger partial charge on any atom is 0.351 e. The molecule has 1 aromatic heterocycles. The summed E-state index contributed by atoms with van der Waals surface area (Å²) in [4.78, 5) is 26.6. The molecule has 9 heteroatoms. The number of hydrogen-bond donors (Lipinski definition) is 4. The molecule has 1 aliphatic rings. The van der Waals surface area contributed by atoms with Gasteiger partial charge in [0.15, 0.2) is 12.0 Å². The van der Waals surface area contributed by atoms with E-state index in [9.17, 15) is 19.8 Å². The standard InChI is InChI=1S/C11H15N3O6/c1-4(16)5-2-14(11(19)13-9(5)12)10-8(18)7(17)6(3-15)20-10/h2,6-8,10,15,17-18H,3H2,1H3,(H2,12,13,19)/t6-,7-,8-,10?/m1/s1. The fourth-order valence-corrected chi connectivity index (χ4v) is 2.04. The Kier molecular flexibility index (Phi) is 3.86. The van der Waals surface area contributed by atoms with Crippen molar-refractivity contribution in [3.8, 4) is 0 Å². The highest BCUT2D eigenvalue weighted by Gasteiger charge is 2.44. The predicted molar refractivity (Wildman–Crippen MR) is 65.9 cm³/mol. The molecule has 0 radical (unpaired) electrons. The van der Waals surface area contributed by atoms with Crippen LogP contribution in [-0.2, 0) is 4.74 Å². The number of nitrogen functional groups attached to an aromatic ring is 1. The molecular weight excluding hydrogens is 270 g/mol. The smallest absolute Gasteiger partial charge is 0.351 e. The third-order valence-corrected chi connectivity index (χ3v) is 3.15. The second kappa shape index (κ2) is 5.29. The van der Waals surface area contributed by atoms with Crippen LogP contribution < -0.4 is 11.4 Å². The summed E-state index contributed by atoms with van der Waals surface area (Å²) in [7, 11) is 0. The maximum absolute atomic E-state index is 11.8. The number of aliphatic hydroxyl groups excluding tert-OH is 3. The minimum atomic E-state index is -1.44. The summed E-state index contributed by atoms with van der Waals surface area (Å²) in [6, 6.07) is 0. The van der Waals surface area contributed by atoms with Gasteiger partial charge in [-0.25, -0.2) is 4.79 Å². The van der Waals surface area contributed by atoms with Crippen LogP contribution in [0.3, 0.4) is 0 Å². The molecule has 110 valence electrons. The number of rotatable bonds is 3. The monoisotopic (exact) mass is 285 g/mol. The van der Waals surface area contributed by atoms with Crippen molar-refractivity contribution in [2.45, 2.75) is 31.5 Å². The lowest BCUT2D eigenvalue weighted by Crippen LogP contribution is -2.36. The zero-order valence-electron chi connectivity index (χ0n) is 10.6. The molecule has 0 spiro atoms. The molecular formula is C11H15N3O6. The highest BCUT2D eigenvalue weighted by atomic mass is 16.6. The van der Waals surface area contributed by atoms with Crippen LogP contribution in [0.5, 0.6) is 0 Å². The van der Waals surface area contributed by atoms with Gasteiger partial charge in [-0.15, -0.1) is 0 Å². The highest BCUT2D eigenvalue weighted by molar-refractivity contribution is 5.97. The van der Waals surface area contributed by atoms with Gasteiger partial charge in [0.2, 0.25) is 0 Å². The molecule has 2 rings (SSSR count). The summed E-state index contributed by atoms with van der Waals surface area (Å²) in [6.07, 6.45) is -3.95. The predicted octanol–water partition coefficient (Wildman–Crippen LogP) is -2.36. The second-order valence-electron chi connectivity index (χ2n) is 4.51. The van der Waals surface area contributed by atoms with E-state index < -0.39 is 42.6 Å². The number of aromatic nitrogens is 2. The van der Waals surface area contributed by atoms with Crippen molar-refractivity contribution in [1.29, 1.82) is 0 Å². The van der Waals surface area contributed by atoms with E-state index in [-0.39, 0.29) is 11.4 Å². The van der Waals surface area contributed by atoms with Gasteiger partial charge in [-0.1, -0.05) is 0 Å². The van der Waals surface area contributed by atoms with Crippen LogP contribution in [0.25, 0.3) is 0 Å². The Balaban J connectivity index is 2.46. The molecule has 0 aliphatic carbocycles. The van der Waals surface area contributed by atoms with Gasteiger partial charge < -0.3 is 25.8 Å². The normalized spacial score (nSPS) is 29.6. The van der Waals surface area contributed by atoms with Gasteiger partial charge in [-0.2, -0.15) is 4.98 Å². The molecule has 0 aromatic carbocycles. The zero-order valence-corrected chi connectivity index (χ0v) is 10.6. The fraction of sp³-hybridized carbons (Fsp3) is 0.545. The van der Waals surface area contributed by atoms with Gasteiger partial charge in [-0.05, 0) is 6.92 Å². The number of aliphatic hydroxyl groups is 3. The Labute approximate surface area is 113 Å². The average molecular weight is 285 g/mol. The number of anilines is 1. The molecule has 1 saturated heterocycles. The zero-order chi connectivity index (χ0) is 15.0. The van der Waals surface area contributed by atoms with E-state index in [1.54, 1.807) is 0 Å². The first-order valence-electron chi connectivity index (χ1n) is 5.89. The van der Waals surface area contributed by atoms with Gasteiger partial charge in [0.05, 0.1) is 12.2 Å².